The van der Waals surface area contributed by atoms with Gasteiger partial charge >= 0.3 is 6.01 Å². The number of ether oxygens (including phenoxy) is 3. The van der Waals surface area contributed by atoms with Crippen LogP contribution in [0.15, 0.2) is 36.7 Å². The molecule has 7 nitrogen and oxygen atoms in total. The van der Waals surface area contributed by atoms with Gasteiger partial charge in [0.1, 0.15) is 19.0 Å². The number of nitrogens with two attached hydrogens (primary N) is 2. The highest BCUT2D eigenvalue weighted by atomic mass is 16.5. The Hall–Kier alpha value is -2.54. The Morgan fingerprint density at radius 3 is 2.05 bits per heavy atom. The SMILES string of the molecule is Nc1ccc(OCCOCCOc2ncc(N)cn2)cc1. The molecule has 0 fully saturated rings. The van der Waals surface area contributed by atoms with Gasteiger partial charge in [-0.15, -0.1) is 0 Å². The molecule has 0 amide bonds. The number of aromatic nitrogens is 2. The van der Waals surface area contributed by atoms with E-state index in [1.807, 2.05) is 12.1 Å². The van der Waals surface area contributed by atoms with Gasteiger partial charge in [0.15, 0.2) is 0 Å². The molecule has 1 aromatic heterocycles. The van der Waals surface area contributed by atoms with E-state index >= 15 is 0 Å². The third kappa shape index (κ3) is 5.53. The fourth-order valence-electron chi connectivity index (χ4n) is 1.48. The molecule has 0 aliphatic rings. The van der Waals surface area contributed by atoms with Crippen LogP contribution in [0.2, 0.25) is 0 Å². The lowest BCUT2D eigenvalue weighted by Crippen LogP contribution is -2.12. The minimum atomic E-state index is 0.283. The summed E-state index contributed by atoms with van der Waals surface area (Å²) < 4.78 is 16.1. The quantitative estimate of drug-likeness (QED) is 0.554. The summed E-state index contributed by atoms with van der Waals surface area (Å²) in [7, 11) is 0. The van der Waals surface area contributed by atoms with Crippen LogP contribution in [0.4, 0.5) is 11.4 Å². The summed E-state index contributed by atoms with van der Waals surface area (Å²) in [6.45, 7) is 1.73. The van der Waals surface area contributed by atoms with Gasteiger partial charge in [-0.2, -0.15) is 0 Å². The number of benzene rings is 1. The third-order valence-corrected chi connectivity index (χ3v) is 2.48. The first-order valence-corrected chi connectivity index (χ1v) is 6.50. The maximum Gasteiger partial charge on any atom is 0.316 e. The second-order valence-electron chi connectivity index (χ2n) is 4.18. The van der Waals surface area contributed by atoms with Gasteiger partial charge in [0.25, 0.3) is 0 Å². The maximum absolute atomic E-state index is 5.58. The van der Waals surface area contributed by atoms with Crippen molar-refractivity contribution >= 4 is 11.4 Å². The van der Waals surface area contributed by atoms with Gasteiger partial charge < -0.3 is 25.7 Å². The molecule has 4 N–H and O–H groups in total. The number of nitrogens with zero attached hydrogens (tertiary/aromatic N) is 2. The number of hydrogen-bond donors (Lipinski definition) is 2. The van der Waals surface area contributed by atoms with Crippen molar-refractivity contribution in [3.8, 4) is 11.8 Å². The minimum Gasteiger partial charge on any atom is -0.491 e. The van der Waals surface area contributed by atoms with Crippen LogP contribution < -0.4 is 20.9 Å². The van der Waals surface area contributed by atoms with Crippen LogP contribution >= 0.6 is 0 Å². The van der Waals surface area contributed by atoms with Crippen LogP contribution in [0.1, 0.15) is 0 Å². The van der Waals surface area contributed by atoms with Gasteiger partial charge in [-0.05, 0) is 24.3 Å². The Morgan fingerprint density at radius 1 is 0.762 bits per heavy atom. The molecule has 7 heteroatoms. The van der Waals surface area contributed by atoms with Crippen molar-refractivity contribution < 1.29 is 14.2 Å². The lowest BCUT2D eigenvalue weighted by Gasteiger charge is -2.08. The standard InChI is InChI=1S/C14H18N4O3/c15-11-1-3-13(4-2-11)20-7-5-19-6-8-21-14-17-9-12(16)10-18-14/h1-4,9-10H,5-8,15-16H2. The number of rotatable bonds is 8. The van der Waals surface area contributed by atoms with Gasteiger partial charge in [0.2, 0.25) is 0 Å². The van der Waals surface area contributed by atoms with Gasteiger partial charge in [0, 0.05) is 5.69 Å². The Bertz CT molecular complexity index is 481. The summed E-state index contributed by atoms with van der Waals surface area (Å²) in [6.07, 6.45) is 2.98. The smallest absolute Gasteiger partial charge is 0.316 e. The highest BCUT2D eigenvalue weighted by Crippen LogP contribution is 2.12. The summed E-state index contributed by atoms with van der Waals surface area (Å²) in [5.41, 5.74) is 12.3. The molecule has 0 bridgehead atoms. The summed E-state index contributed by atoms with van der Waals surface area (Å²) in [6, 6.07) is 7.49. The zero-order valence-electron chi connectivity index (χ0n) is 11.6. The highest BCUT2D eigenvalue weighted by Gasteiger charge is 1.97. The first-order chi connectivity index (χ1) is 10.2. The van der Waals surface area contributed by atoms with Crippen LogP contribution in [0.3, 0.4) is 0 Å². The van der Waals surface area contributed by atoms with Gasteiger partial charge in [0.05, 0.1) is 31.3 Å². The molecule has 0 aliphatic heterocycles. The molecule has 21 heavy (non-hydrogen) atoms. The second-order valence-corrected chi connectivity index (χ2v) is 4.18. The lowest BCUT2D eigenvalue weighted by molar-refractivity contribution is 0.0741. The van der Waals surface area contributed by atoms with Gasteiger partial charge in [-0.1, -0.05) is 0 Å². The molecule has 2 rings (SSSR count). The van der Waals surface area contributed by atoms with E-state index in [4.69, 9.17) is 25.7 Å². The van der Waals surface area contributed by atoms with Crippen molar-refractivity contribution in [1.82, 2.24) is 9.97 Å². The third-order valence-electron chi connectivity index (χ3n) is 2.48. The van der Waals surface area contributed by atoms with Crippen molar-refractivity contribution in [1.29, 1.82) is 0 Å². The van der Waals surface area contributed by atoms with Crippen LogP contribution in [0.25, 0.3) is 0 Å². The van der Waals surface area contributed by atoms with E-state index in [9.17, 15) is 0 Å². The van der Waals surface area contributed by atoms with Crippen molar-refractivity contribution in [2.45, 2.75) is 0 Å². The molecule has 0 radical (unpaired) electrons. The zero-order chi connectivity index (χ0) is 14.9. The summed E-state index contributed by atoms with van der Waals surface area (Å²) in [5, 5.41) is 0. The highest BCUT2D eigenvalue weighted by molar-refractivity contribution is 5.41. The fraction of sp³-hybridized carbons (Fsp3) is 0.286. The van der Waals surface area contributed by atoms with Gasteiger partial charge in [-0.3, -0.25) is 0 Å². The van der Waals surface area contributed by atoms with Crippen molar-refractivity contribution in [3.63, 3.8) is 0 Å². The molecule has 0 saturated heterocycles. The van der Waals surface area contributed by atoms with E-state index in [0.29, 0.717) is 37.8 Å². The first-order valence-electron chi connectivity index (χ1n) is 6.50. The Balaban J connectivity index is 1.52. The Labute approximate surface area is 122 Å². The first kappa shape index (κ1) is 14.9. The summed E-state index contributed by atoms with van der Waals surface area (Å²) >= 11 is 0. The van der Waals surface area contributed by atoms with E-state index in [-0.39, 0.29) is 6.01 Å². The predicted octanol–water partition coefficient (Wildman–Crippen LogP) is 1.12. The maximum atomic E-state index is 5.58. The average Bonchev–Trinajstić information content (AvgIpc) is 2.50. The molecule has 112 valence electrons. The fourth-order valence-corrected chi connectivity index (χ4v) is 1.48. The zero-order valence-corrected chi connectivity index (χ0v) is 11.6. The molecule has 0 saturated carbocycles. The van der Waals surface area contributed by atoms with Crippen LogP contribution in [-0.2, 0) is 4.74 Å². The normalized spacial score (nSPS) is 10.3. The van der Waals surface area contributed by atoms with E-state index in [0.717, 1.165) is 5.75 Å². The van der Waals surface area contributed by atoms with E-state index < -0.39 is 0 Å². The minimum absolute atomic E-state index is 0.283. The van der Waals surface area contributed by atoms with Crippen molar-refractivity contribution in [2.75, 3.05) is 37.9 Å². The molecule has 0 aliphatic carbocycles. The Morgan fingerprint density at radius 2 is 1.38 bits per heavy atom. The topological polar surface area (TPSA) is 106 Å². The van der Waals surface area contributed by atoms with Crippen LogP contribution in [0, 0.1) is 0 Å². The summed E-state index contributed by atoms with van der Waals surface area (Å²) in [5.74, 6) is 0.763. The molecule has 1 aromatic carbocycles. The number of hydrogen-bond acceptors (Lipinski definition) is 7. The monoisotopic (exact) mass is 290 g/mol. The molecule has 0 unspecified atom stereocenters. The summed E-state index contributed by atoms with van der Waals surface area (Å²) in [4.78, 5) is 7.82. The molecule has 0 spiro atoms. The Kier molecular flexibility index (Phi) is 5.60. The van der Waals surface area contributed by atoms with Gasteiger partial charge in [-0.25, -0.2) is 9.97 Å². The van der Waals surface area contributed by atoms with Crippen molar-refractivity contribution in [2.24, 2.45) is 0 Å². The number of anilines is 2. The van der Waals surface area contributed by atoms with Crippen LogP contribution in [0.5, 0.6) is 11.8 Å². The van der Waals surface area contributed by atoms with Crippen LogP contribution in [-0.4, -0.2) is 36.4 Å². The molecular formula is C14H18N4O3. The molecule has 1 heterocycles. The average molecular weight is 290 g/mol. The lowest BCUT2D eigenvalue weighted by atomic mass is 10.3. The van der Waals surface area contributed by atoms with E-state index in [1.165, 1.54) is 12.4 Å². The second kappa shape index (κ2) is 7.91. The molecular weight excluding hydrogens is 272 g/mol. The van der Waals surface area contributed by atoms with E-state index in [1.54, 1.807) is 12.1 Å². The molecule has 2 aromatic rings. The molecule has 0 atom stereocenters. The predicted molar refractivity (Wildman–Crippen MR) is 79.1 cm³/mol. The van der Waals surface area contributed by atoms with Crippen molar-refractivity contribution in [3.05, 3.63) is 36.7 Å². The number of nitrogen functional groups attached to an aromatic ring is 2. The largest absolute Gasteiger partial charge is 0.491 e. The van der Waals surface area contributed by atoms with E-state index in [2.05, 4.69) is 9.97 Å².